The summed E-state index contributed by atoms with van der Waals surface area (Å²) in [7, 11) is -3.67. The standard InChI is InChI=1S/C19H23ClN2O3S/c1-4-18(19(23)21-13-15-10-8-14(2)9-11-15)22(26(3,24)25)17-7-5-6-16(20)12-17/h5-12,18H,4,13H2,1-3H3,(H,21,23). The van der Waals surface area contributed by atoms with E-state index in [0.29, 0.717) is 23.7 Å². The van der Waals surface area contributed by atoms with Gasteiger partial charge < -0.3 is 5.32 Å². The predicted octanol–water partition coefficient (Wildman–Crippen LogP) is 3.51. The Morgan fingerprint density at radius 1 is 1.19 bits per heavy atom. The number of sulfonamides is 1. The van der Waals surface area contributed by atoms with Gasteiger partial charge in [0.05, 0.1) is 11.9 Å². The fourth-order valence-electron chi connectivity index (χ4n) is 2.69. The monoisotopic (exact) mass is 394 g/mol. The molecule has 26 heavy (non-hydrogen) atoms. The van der Waals surface area contributed by atoms with Crippen LogP contribution in [0.2, 0.25) is 5.02 Å². The van der Waals surface area contributed by atoms with E-state index in [0.717, 1.165) is 21.7 Å². The summed E-state index contributed by atoms with van der Waals surface area (Å²) >= 11 is 6.00. The first-order valence-electron chi connectivity index (χ1n) is 8.30. The highest BCUT2D eigenvalue weighted by molar-refractivity contribution is 7.92. The van der Waals surface area contributed by atoms with Gasteiger partial charge in [-0.3, -0.25) is 9.10 Å². The van der Waals surface area contributed by atoms with E-state index in [4.69, 9.17) is 11.6 Å². The number of carbonyl (C=O) groups is 1. The zero-order valence-corrected chi connectivity index (χ0v) is 16.6. The highest BCUT2D eigenvalue weighted by Gasteiger charge is 2.31. The molecule has 0 bridgehead atoms. The minimum atomic E-state index is -3.67. The Hall–Kier alpha value is -2.05. The first kappa shape index (κ1) is 20.3. The van der Waals surface area contributed by atoms with Gasteiger partial charge in [-0.15, -0.1) is 0 Å². The van der Waals surface area contributed by atoms with Crippen LogP contribution in [0.15, 0.2) is 48.5 Å². The van der Waals surface area contributed by atoms with E-state index in [2.05, 4.69) is 5.32 Å². The summed E-state index contributed by atoms with van der Waals surface area (Å²) in [4.78, 5) is 12.7. The van der Waals surface area contributed by atoms with Crippen LogP contribution in [0.25, 0.3) is 0 Å². The first-order chi connectivity index (χ1) is 12.2. The van der Waals surface area contributed by atoms with Gasteiger partial charge >= 0.3 is 0 Å². The van der Waals surface area contributed by atoms with Crippen LogP contribution < -0.4 is 9.62 Å². The van der Waals surface area contributed by atoms with Gasteiger partial charge in [-0.25, -0.2) is 8.42 Å². The Bertz CT molecular complexity index is 867. The van der Waals surface area contributed by atoms with Crippen LogP contribution in [0.3, 0.4) is 0 Å². The van der Waals surface area contributed by atoms with Gasteiger partial charge in [0.15, 0.2) is 0 Å². The molecule has 0 aliphatic rings. The van der Waals surface area contributed by atoms with Crippen LogP contribution in [0.5, 0.6) is 0 Å². The van der Waals surface area contributed by atoms with E-state index in [1.807, 2.05) is 31.2 Å². The summed E-state index contributed by atoms with van der Waals surface area (Å²) < 4.78 is 25.9. The number of nitrogens with zero attached hydrogens (tertiary/aromatic N) is 1. The van der Waals surface area contributed by atoms with Gasteiger partial charge in [0.2, 0.25) is 15.9 Å². The lowest BCUT2D eigenvalue weighted by Gasteiger charge is -2.30. The van der Waals surface area contributed by atoms with Gasteiger partial charge in [-0.05, 0) is 37.1 Å². The van der Waals surface area contributed by atoms with Crippen molar-refractivity contribution in [3.63, 3.8) is 0 Å². The molecule has 0 saturated carbocycles. The first-order valence-corrected chi connectivity index (χ1v) is 10.5. The number of amides is 1. The third-order valence-corrected chi connectivity index (χ3v) is 5.39. The summed E-state index contributed by atoms with van der Waals surface area (Å²) in [6, 6.07) is 13.4. The van der Waals surface area contributed by atoms with Crippen LogP contribution in [0.4, 0.5) is 5.69 Å². The molecule has 0 aliphatic carbocycles. The molecule has 0 fully saturated rings. The molecule has 0 radical (unpaired) electrons. The molecule has 0 spiro atoms. The van der Waals surface area contributed by atoms with E-state index in [1.54, 1.807) is 31.2 Å². The molecule has 0 saturated heterocycles. The molecule has 1 atom stereocenters. The molecule has 5 nitrogen and oxygen atoms in total. The van der Waals surface area contributed by atoms with Gasteiger partial charge in [0.1, 0.15) is 6.04 Å². The van der Waals surface area contributed by atoms with E-state index in [9.17, 15) is 13.2 Å². The van der Waals surface area contributed by atoms with Crippen LogP contribution in [0.1, 0.15) is 24.5 Å². The minimum absolute atomic E-state index is 0.333. The quantitative estimate of drug-likeness (QED) is 0.781. The fourth-order valence-corrected chi connectivity index (χ4v) is 4.07. The van der Waals surface area contributed by atoms with Gasteiger partial charge in [-0.1, -0.05) is 54.4 Å². The van der Waals surface area contributed by atoms with Crippen molar-refractivity contribution in [1.82, 2.24) is 5.32 Å². The summed E-state index contributed by atoms with van der Waals surface area (Å²) in [5.41, 5.74) is 2.46. The maximum absolute atomic E-state index is 12.7. The van der Waals surface area contributed by atoms with Crippen molar-refractivity contribution < 1.29 is 13.2 Å². The average molecular weight is 395 g/mol. The normalized spacial score (nSPS) is 12.5. The second kappa shape index (κ2) is 8.56. The lowest BCUT2D eigenvalue weighted by atomic mass is 10.1. The van der Waals surface area contributed by atoms with Crippen molar-refractivity contribution in [2.45, 2.75) is 32.9 Å². The topological polar surface area (TPSA) is 66.5 Å². The zero-order valence-electron chi connectivity index (χ0n) is 15.1. The molecule has 7 heteroatoms. The summed E-state index contributed by atoms with van der Waals surface area (Å²) in [6.45, 7) is 4.10. The highest BCUT2D eigenvalue weighted by atomic mass is 35.5. The molecular formula is C19H23ClN2O3S. The third-order valence-electron chi connectivity index (χ3n) is 3.98. The van der Waals surface area contributed by atoms with Crippen molar-refractivity contribution in [1.29, 1.82) is 0 Å². The molecule has 140 valence electrons. The molecule has 1 amide bonds. The Kier molecular flexibility index (Phi) is 6.67. The second-order valence-electron chi connectivity index (χ2n) is 6.17. The summed E-state index contributed by atoms with van der Waals surface area (Å²) in [5, 5.41) is 3.24. The molecule has 0 aromatic heterocycles. The number of benzene rings is 2. The molecule has 2 aromatic carbocycles. The van der Waals surface area contributed by atoms with Crippen molar-refractivity contribution in [3.8, 4) is 0 Å². The van der Waals surface area contributed by atoms with Crippen molar-refractivity contribution in [3.05, 3.63) is 64.7 Å². The number of hydrogen-bond acceptors (Lipinski definition) is 3. The number of hydrogen-bond donors (Lipinski definition) is 1. The van der Waals surface area contributed by atoms with E-state index >= 15 is 0 Å². The number of rotatable bonds is 7. The average Bonchev–Trinajstić information content (AvgIpc) is 2.57. The fraction of sp³-hybridized carbons (Fsp3) is 0.316. The number of halogens is 1. The summed E-state index contributed by atoms with van der Waals surface area (Å²) in [6.07, 6.45) is 1.42. The molecule has 2 aromatic rings. The lowest BCUT2D eigenvalue weighted by Crippen LogP contribution is -2.49. The third kappa shape index (κ3) is 5.22. The van der Waals surface area contributed by atoms with Crippen LogP contribution in [-0.4, -0.2) is 26.6 Å². The second-order valence-corrected chi connectivity index (χ2v) is 8.46. The number of nitrogens with one attached hydrogen (secondary N) is 1. The minimum Gasteiger partial charge on any atom is -0.350 e. The molecule has 2 rings (SSSR count). The van der Waals surface area contributed by atoms with E-state index < -0.39 is 16.1 Å². The van der Waals surface area contributed by atoms with Crippen molar-refractivity contribution in [2.75, 3.05) is 10.6 Å². The predicted molar refractivity (Wildman–Crippen MR) is 106 cm³/mol. The van der Waals surface area contributed by atoms with E-state index in [-0.39, 0.29) is 5.91 Å². The molecule has 0 aliphatic heterocycles. The SMILES string of the molecule is CCC(C(=O)NCc1ccc(C)cc1)N(c1cccc(Cl)c1)S(C)(=O)=O. The Morgan fingerprint density at radius 3 is 2.38 bits per heavy atom. The zero-order chi connectivity index (χ0) is 19.3. The number of carbonyl (C=O) groups excluding carboxylic acids is 1. The maximum atomic E-state index is 12.7. The largest absolute Gasteiger partial charge is 0.350 e. The Morgan fingerprint density at radius 2 is 1.85 bits per heavy atom. The Balaban J connectivity index is 2.23. The number of anilines is 1. The van der Waals surface area contributed by atoms with Gasteiger partial charge in [-0.2, -0.15) is 0 Å². The van der Waals surface area contributed by atoms with E-state index in [1.165, 1.54) is 0 Å². The van der Waals surface area contributed by atoms with Crippen LogP contribution in [0, 0.1) is 6.92 Å². The smallest absolute Gasteiger partial charge is 0.244 e. The van der Waals surface area contributed by atoms with Crippen LogP contribution >= 0.6 is 11.6 Å². The number of aryl methyl sites for hydroxylation is 1. The summed E-state index contributed by atoms with van der Waals surface area (Å²) in [5.74, 6) is -0.349. The molecule has 1 unspecified atom stereocenters. The lowest BCUT2D eigenvalue weighted by molar-refractivity contribution is -0.122. The van der Waals surface area contributed by atoms with Crippen molar-refractivity contribution >= 4 is 33.2 Å². The van der Waals surface area contributed by atoms with Gasteiger partial charge in [0, 0.05) is 11.6 Å². The molecule has 1 N–H and O–H groups in total. The highest BCUT2D eigenvalue weighted by Crippen LogP contribution is 2.25. The van der Waals surface area contributed by atoms with Crippen molar-refractivity contribution in [2.24, 2.45) is 0 Å². The van der Waals surface area contributed by atoms with Crippen LogP contribution in [-0.2, 0) is 21.4 Å². The van der Waals surface area contributed by atoms with Gasteiger partial charge in [0.25, 0.3) is 0 Å². The molecule has 0 heterocycles. The Labute approximate surface area is 160 Å². The maximum Gasteiger partial charge on any atom is 0.244 e. The molecular weight excluding hydrogens is 372 g/mol.